The highest BCUT2D eigenvalue weighted by Crippen LogP contribution is 2.33. The molecule has 1 aromatic heterocycles. The maximum Gasteiger partial charge on any atom is 0.158 e. The van der Waals surface area contributed by atoms with Crippen molar-refractivity contribution in [3.63, 3.8) is 0 Å². The Hall–Kier alpha value is -1.59. The summed E-state index contributed by atoms with van der Waals surface area (Å²) in [5, 5.41) is 22.9. The molecule has 2 rings (SSSR count). The molecule has 4 nitrogen and oxygen atoms in total. The molecular formula is C13H16N2O2S. The Morgan fingerprint density at radius 1 is 1.33 bits per heavy atom. The molecule has 0 fully saturated rings. The number of hydrogen-bond acceptors (Lipinski definition) is 5. The molecule has 0 spiro atoms. The van der Waals surface area contributed by atoms with Gasteiger partial charge in [0, 0.05) is 22.7 Å². The van der Waals surface area contributed by atoms with E-state index in [4.69, 9.17) is 0 Å². The van der Waals surface area contributed by atoms with Gasteiger partial charge in [0.2, 0.25) is 0 Å². The van der Waals surface area contributed by atoms with Gasteiger partial charge < -0.3 is 15.5 Å². The minimum Gasteiger partial charge on any atom is -0.504 e. The number of nitrogens with one attached hydrogen (secondary N) is 1. The summed E-state index contributed by atoms with van der Waals surface area (Å²) in [6.07, 6.45) is 1.84. The summed E-state index contributed by atoms with van der Waals surface area (Å²) in [5.41, 5.74) is 0.810. The average Bonchev–Trinajstić information content (AvgIpc) is 2.82. The van der Waals surface area contributed by atoms with Gasteiger partial charge in [0.1, 0.15) is 5.01 Å². The molecule has 1 aromatic carbocycles. The van der Waals surface area contributed by atoms with Crippen LogP contribution in [0.5, 0.6) is 11.5 Å². The van der Waals surface area contributed by atoms with Gasteiger partial charge in [-0.05, 0) is 31.7 Å². The monoisotopic (exact) mass is 264 g/mol. The molecule has 3 N–H and O–H groups in total. The maximum atomic E-state index is 9.48. The predicted molar refractivity (Wildman–Crippen MR) is 73.0 cm³/mol. The third-order valence-corrected chi connectivity index (χ3v) is 3.91. The van der Waals surface area contributed by atoms with Gasteiger partial charge in [-0.15, -0.1) is 11.3 Å². The zero-order chi connectivity index (χ0) is 13.1. The molecule has 0 aliphatic carbocycles. The highest BCUT2D eigenvalue weighted by atomic mass is 32.1. The number of phenolic OH excluding ortho intramolecular Hbond substituents is 2. The smallest absolute Gasteiger partial charge is 0.158 e. The molecule has 0 amide bonds. The van der Waals surface area contributed by atoms with Crippen molar-refractivity contribution in [2.45, 2.75) is 19.9 Å². The van der Waals surface area contributed by atoms with Crippen molar-refractivity contribution in [1.82, 2.24) is 10.3 Å². The van der Waals surface area contributed by atoms with Crippen LogP contribution in [0.4, 0.5) is 0 Å². The predicted octanol–water partition coefficient (Wildman–Crippen LogP) is 2.89. The lowest BCUT2D eigenvalue weighted by molar-refractivity contribution is 0.404. The van der Waals surface area contributed by atoms with E-state index in [1.165, 1.54) is 12.1 Å². The van der Waals surface area contributed by atoms with Gasteiger partial charge in [-0.3, -0.25) is 0 Å². The summed E-state index contributed by atoms with van der Waals surface area (Å²) in [4.78, 5) is 5.50. The fraction of sp³-hybridized carbons (Fsp3) is 0.308. The molecule has 1 heterocycles. The summed E-state index contributed by atoms with van der Waals surface area (Å²) >= 11 is 1.58. The van der Waals surface area contributed by atoms with Crippen LogP contribution in [0.15, 0.2) is 24.4 Å². The van der Waals surface area contributed by atoms with Crippen molar-refractivity contribution in [3.05, 3.63) is 29.3 Å². The van der Waals surface area contributed by atoms with E-state index >= 15 is 0 Å². The highest BCUT2D eigenvalue weighted by Gasteiger charge is 2.11. The van der Waals surface area contributed by atoms with Gasteiger partial charge in [-0.25, -0.2) is 4.98 Å². The molecule has 0 aliphatic rings. The second-order valence-corrected chi connectivity index (χ2v) is 5.11. The van der Waals surface area contributed by atoms with Gasteiger partial charge in [0.25, 0.3) is 0 Å². The summed E-state index contributed by atoms with van der Waals surface area (Å²) < 4.78 is 0. The van der Waals surface area contributed by atoms with Crippen molar-refractivity contribution in [3.8, 4) is 22.1 Å². The SMILES string of the molecule is CCNC(C)c1cnc(-c2ccc(O)c(O)c2)s1. The molecule has 0 aliphatic heterocycles. The second kappa shape index (κ2) is 5.37. The number of aromatic nitrogens is 1. The van der Waals surface area contributed by atoms with Crippen molar-refractivity contribution in [1.29, 1.82) is 0 Å². The Morgan fingerprint density at radius 2 is 2.11 bits per heavy atom. The first-order chi connectivity index (χ1) is 8.61. The number of benzene rings is 1. The van der Waals surface area contributed by atoms with Crippen LogP contribution in [0, 0.1) is 0 Å². The molecule has 0 saturated carbocycles. The molecule has 0 radical (unpaired) electrons. The van der Waals surface area contributed by atoms with E-state index in [9.17, 15) is 10.2 Å². The molecule has 1 unspecified atom stereocenters. The highest BCUT2D eigenvalue weighted by molar-refractivity contribution is 7.15. The van der Waals surface area contributed by atoms with Crippen molar-refractivity contribution >= 4 is 11.3 Å². The normalized spacial score (nSPS) is 12.6. The molecular weight excluding hydrogens is 248 g/mol. The van der Waals surface area contributed by atoms with E-state index < -0.39 is 0 Å². The molecule has 96 valence electrons. The fourth-order valence-corrected chi connectivity index (χ4v) is 2.62. The standard InChI is InChI=1S/C13H16N2O2S/c1-3-14-8(2)12-7-15-13(18-12)9-4-5-10(16)11(17)6-9/h4-8,14,16-17H,3H2,1-2H3. The largest absolute Gasteiger partial charge is 0.504 e. The van der Waals surface area contributed by atoms with Crippen LogP contribution in [0.3, 0.4) is 0 Å². The Labute approximate surface area is 110 Å². The van der Waals surface area contributed by atoms with Crippen LogP contribution >= 0.6 is 11.3 Å². The van der Waals surface area contributed by atoms with E-state index in [2.05, 4.69) is 24.1 Å². The number of aromatic hydroxyl groups is 2. The average molecular weight is 264 g/mol. The summed E-state index contributed by atoms with van der Waals surface area (Å²) in [6.45, 7) is 5.07. The topological polar surface area (TPSA) is 65.4 Å². The van der Waals surface area contributed by atoms with Gasteiger partial charge in [0.15, 0.2) is 11.5 Å². The number of thiazole rings is 1. The minimum atomic E-state index is -0.121. The van der Waals surface area contributed by atoms with Gasteiger partial charge in [-0.1, -0.05) is 6.92 Å². The van der Waals surface area contributed by atoms with Crippen molar-refractivity contribution < 1.29 is 10.2 Å². The molecule has 18 heavy (non-hydrogen) atoms. The van der Waals surface area contributed by atoms with Gasteiger partial charge in [-0.2, -0.15) is 0 Å². The van der Waals surface area contributed by atoms with Gasteiger partial charge in [0.05, 0.1) is 0 Å². The van der Waals surface area contributed by atoms with Crippen LogP contribution in [-0.4, -0.2) is 21.7 Å². The van der Waals surface area contributed by atoms with Crippen molar-refractivity contribution in [2.75, 3.05) is 6.54 Å². The Kier molecular flexibility index (Phi) is 3.84. The summed E-state index contributed by atoms with van der Waals surface area (Å²) in [6, 6.07) is 5.01. The number of nitrogens with zero attached hydrogens (tertiary/aromatic N) is 1. The molecule has 5 heteroatoms. The van der Waals surface area contributed by atoms with E-state index in [0.717, 1.165) is 22.0 Å². The van der Waals surface area contributed by atoms with Gasteiger partial charge >= 0.3 is 0 Å². The van der Waals surface area contributed by atoms with Crippen molar-refractivity contribution in [2.24, 2.45) is 0 Å². The first-order valence-electron chi connectivity index (χ1n) is 5.83. The zero-order valence-electron chi connectivity index (χ0n) is 10.3. The molecule has 2 aromatic rings. The van der Waals surface area contributed by atoms with Crippen LogP contribution in [0.2, 0.25) is 0 Å². The number of rotatable bonds is 4. The van der Waals surface area contributed by atoms with E-state index in [1.54, 1.807) is 17.4 Å². The Bertz CT molecular complexity index is 540. The first-order valence-corrected chi connectivity index (χ1v) is 6.65. The van der Waals surface area contributed by atoms with Crippen LogP contribution in [0.1, 0.15) is 24.8 Å². The maximum absolute atomic E-state index is 9.48. The van der Waals surface area contributed by atoms with E-state index in [-0.39, 0.29) is 17.5 Å². The fourth-order valence-electron chi connectivity index (χ4n) is 1.68. The second-order valence-electron chi connectivity index (χ2n) is 4.05. The number of hydrogen-bond donors (Lipinski definition) is 3. The third kappa shape index (κ3) is 2.63. The Balaban J connectivity index is 2.26. The first kappa shape index (κ1) is 12.9. The molecule has 0 bridgehead atoms. The van der Waals surface area contributed by atoms with E-state index in [0.29, 0.717) is 0 Å². The Morgan fingerprint density at radius 3 is 2.78 bits per heavy atom. The molecule has 1 atom stereocenters. The lowest BCUT2D eigenvalue weighted by Gasteiger charge is -2.08. The number of phenols is 2. The minimum absolute atomic E-state index is 0.114. The molecule has 0 saturated heterocycles. The lowest BCUT2D eigenvalue weighted by atomic mass is 10.2. The summed E-state index contributed by atoms with van der Waals surface area (Å²) in [7, 11) is 0. The van der Waals surface area contributed by atoms with Crippen LogP contribution < -0.4 is 5.32 Å². The van der Waals surface area contributed by atoms with E-state index in [1.807, 2.05) is 6.20 Å². The van der Waals surface area contributed by atoms with Crippen LogP contribution in [0.25, 0.3) is 10.6 Å². The zero-order valence-corrected chi connectivity index (χ0v) is 11.2. The van der Waals surface area contributed by atoms with Crippen LogP contribution in [-0.2, 0) is 0 Å². The lowest BCUT2D eigenvalue weighted by Crippen LogP contribution is -2.16. The third-order valence-electron chi connectivity index (χ3n) is 2.68. The summed E-state index contributed by atoms with van der Waals surface area (Å²) in [5.74, 6) is -0.236. The quantitative estimate of drug-likeness (QED) is 0.743.